The molecule has 1 aromatic heterocycles. The number of aromatic nitrogens is 2. The van der Waals surface area contributed by atoms with Crippen LogP contribution in [-0.2, 0) is 6.54 Å². The molecule has 0 saturated heterocycles. The molecule has 0 radical (unpaired) electrons. The van der Waals surface area contributed by atoms with Gasteiger partial charge in [-0.1, -0.05) is 24.9 Å². The molecule has 1 fully saturated rings. The highest BCUT2D eigenvalue weighted by molar-refractivity contribution is 5.24. The fraction of sp³-hybridized carbons (Fsp3) is 0.818. The number of hydrogen-bond acceptors (Lipinski definition) is 5. The lowest BCUT2D eigenvalue weighted by Gasteiger charge is -2.23. The van der Waals surface area contributed by atoms with Crippen LogP contribution in [0, 0.1) is 0 Å². The summed E-state index contributed by atoms with van der Waals surface area (Å²) in [6, 6.07) is 0.553. The lowest BCUT2D eigenvalue weighted by Crippen LogP contribution is -2.30. The highest BCUT2D eigenvalue weighted by Crippen LogP contribution is 2.31. The molecule has 2 N–H and O–H groups in total. The lowest BCUT2D eigenvalue weighted by atomic mass is 10.0. The van der Waals surface area contributed by atoms with E-state index in [-0.39, 0.29) is 5.54 Å². The molecule has 0 bridgehead atoms. The fourth-order valence-electron chi connectivity index (χ4n) is 2.15. The van der Waals surface area contributed by atoms with E-state index in [1.165, 1.54) is 25.7 Å². The van der Waals surface area contributed by atoms with Gasteiger partial charge in [-0.2, -0.15) is 0 Å². The van der Waals surface area contributed by atoms with Crippen LogP contribution >= 0.6 is 0 Å². The van der Waals surface area contributed by atoms with Gasteiger partial charge < -0.3 is 15.1 Å². The van der Waals surface area contributed by atoms with Crippen molar-refractivity contribution in [2.24, 2.45) is 0 Å². The Morgan fingerprint density at radius 1 is 1.31 bits per heavy atom. The molecule has 90 valence electrons. The number of nitrogens with one attached hydrogen (secondary N) is 2. The summed E-state index contributed by atoms with van der Waals surface area (Å²) in [6.07, 6.45) is 4.92. The zero-order valence-electron chi connectivity index (χ0n) is 10.0. The van der Waals surface area contributed by atoms with Crippen LogP contribution in [-0.4, -0.2) is 22.3 Å². The molecule has 0 aromatic carbocycles. The first-order valence-corrected chi connectivity index (χ1v) is 6.03. The van der Waals surface area contributed by atoms with Crippen molar-refractivity contribution in [3.8, 4) is 0 Å². The van der Waals surface area contributed by atoms with Crippen molar-refractivity contribution in [2.75, 3.05) is 11.9 Å². The van der Waals surface area contributed by atoms with Crippen molar-refractivity contribution < 1.29 is 4.42 Å². The molecule has 0 aliphatic heterocycles. The minimum absolute atomic E-state index is 0.141. The van der Waals surface area contributed by atoms with Crippen LogP contribution in [0.2, 0.25) is 0 Å². The Labute approximate surface area is 96.0 Å². The highest BCUT2D eigenvalue weighted by atomic mass is 16.4. The summed E-state index contributed by atoms with van der Waals surface area (Å²) in [6.45, 7) is 5.81. The van der Waals surface area contributed by atoms with E-state index in [9.17, 15) is 0 Å². The number of rotatable bonds is 5. The molecule has 1 aliphatic carbocycles. The molecule has 5 nitrogen and oxygen atoms in total. The lowest BCUT2D eigenvalue weighted by molar-refractivity contribution is 0.452. The Bertz CT molecular complexity index is 330. The third-order valence-electron chi connectivity index (χ3n) is 3.11. The zero-order valence-corrected chi connectivity index (χ0v) is 10.0. The Balaban J connectivity index is 1.91. The van der Waals surface area contributed by atoms with E-state index in [0.717, 1.165) is 6.54 Å². The molecule has 1 aliphatic rings. The molecule has 0 spiro atoms. The van der Waals surface area contributed by atoms with Gasteiger partial charge in [0.2, 0.25) is 5.89 Å². The topological polar surface area (TPSA) is 63.0 Å². The van der Waals surface area contributed by atoms with E-state index in [0.29, 0.717) is 18.5 Å². The van der Waals surface area contributed by atoms with Crippen LogP contribution in [0.5, 0.6) is 0 Å². The second-order valence-corrected chi connectivity index (χ2v) is 4.67. The van der Waals surface area contributed by atoms with Gasteiger partial charge in [-0.25, -0.2) is 0 Å². The van der Waals surface area contributed by atoms with Crippen molar-refractivity contribution in [3.05, 3.63) is 5.89 Å². The SMILES string of the molecule is CCNCc1nnc(NC2(C)CCCC2)o1. The molecule has 1 saturated carbocycles. The van der Waals surface area contributed by atoms with E-state index < -0.39 is 0 Å². The Hall–Kier alpha value is -1.10. The van der Waals surface area contributed by atoms with Crippen LogP contribution in [0.15, 0.2) is 4.42 Å². The predicted molar refractivity (Wildman–Crippen MR) is 62.2 cm³/mol. The highest BCUT2D eigenvalue weighted by Gasteiger charge is 2.29. The van der Waals surface area contributed by atoms with Gasteiger partial charge in [0.15, 0.2) is 0 Å². The first kappa shape index (κ1) is 11.4. The number of nitrogens with zero attached hydrogens (tertiary/aromatic N) is 2. The normalized spacial score (nSPS) is 18.9. The van der Waals surface area contributed by atoms with Crippen LogP contribution in [0.25, 0.3) is 0 Å². The quantitative estimate of drug-likeness (QED) is 0.800. The van der Waals surface area contributed by atoms with Gasteiger partial charge in [-0.05, 0) is 26.3 Å². The molecule has 0 unspecified atom stereocenters. The number of anilines is 1. The van der Waals surface area contributed by atoms with E-state index in [1.807, 2.05) is 0 Å². The van der Waals surface area contributed by atoms with Crippen molar-refractivity contribution >= 4 is 6.01 Å². The fourth-order valence-corrected chi connectivity index (χ4v) is 2.15. The van der Waals surface area contributed by atoms with Gasteiger partial charge >= 0.3 is 6.01 Å². The zero-order chi connectivity index (χ0) is 11.4. The first-order valence-electron chi connectivity index (χ1n) is 6.03. The Kier molecular flexibility index (Phi) is 3.43. The summed E-state index contributed by atoms with van der Waals surface area (Å²) >= 11 is 0. The van der Waals surface area contributed by atoms with Crippen LogP contribution in [0.4, 0.5) is 6.01 Å². The van der Waals surface area contributed by atoms with Crippen molar-refractivity contribution in [1.29, 1.82) is 0 Å². The molecular weight excluding hydrogens is 204 g/mol. The molecule has 5 heteroatoms. The second-order valence-electron chi connectivity index (χ2n) is 4.67. The molecule has 2 rings (SSSR count). The van der Waals surface area contributed by atoms with E-state index in [4.69, 9.17) is 4.42 Å². The van der Waals surface area contributed by atoms with Crippen LogP contribution in [0.1, 0.15) is 45.4 Å². The maximum atomic E-state index is 5.52. The average Bonchev–Trinajstić information content (AvgIpc) is 2.85. The van der Waals surface area contributed by atoms with E-state index in [2.05, 4.69) is 34.7 Å². The summed E-state index contributed by atoms with van der Waals surface area (Å²) in [7, 11) is 0. The van der Waals surface area contributed by atoms with Gasteiger partial charge in [0.1, 0.15) is 0 Å². The van der Waals surface area contributed by atoms with Gasteiger partial charge in [-0.15, -0.1) is 5.10 Å². The molecule has 16 heavy (non-hydrogen) atoms. The van der Waals surface area contributed by atoms with Gasteiger partial charge in [0, 0.05) is 5.54 Å². The Morgan fingerprint density at radius 3 is 2.75 bits per heavy atom. The minimum atomic E-state index is 0.141. The first-order chi connectivity index (χ1) is 7.72. The number of hydrogen-bond donors (Lipinski definition) is 2. The summed E-state index contributed by atoms with van der Waals surface area (Å²) in [5, 5.41) is 14.5. The smallest absolute Gasteiger partial charge is 0.315 e. The van der Waals surface area contributed by atoms with Crippen molar-refractivity contribution in [3.63, 3.8) is 0 Å². The summed E-state index contributed by atoms with van der Waals surface area (Å²) in [5.41, 5.74) is 0.141. The van der Waals surface area contributed by atoms with E-state index in [1.54, 1.807) is 0 Å². The standard InChI is InChI=1S/C11H20N4O/c1-3-12-8-9-14-15-10(16-9)13-11(2)6-4-5-7-11/h12H,3-8H2,1-2H3,(H,13,15). The van der Waals surface area contributed by atoms with E-state index >= 15 is 0 Å². The summed E-state index contributed by atoms with van der Waals surface area (Å²) in [4.78, 5) is 0. The maximum absolute atomic E-state index is 5.52. The largest absolute Gasteiger partial charge is 0.407 e. The molecule has 0 amide bonds. The average molecular weight is 224 g/mol. The summed E-state index contributed by atoms with van der Waals surface area (Å²) in [5.74, 6) is 0.644. The molecule has 1 aromatic rings. The van der Waals surface area contributed by atoms with Gasteiger partial charge in [-0.3, -0.25) is 0 Å². The predicted octanol–water partition coefficient (Wildman–Crippen LogP) is 1.92. The Morgan fingerprint density at radius 2 is 2.06 bits per heavy atom. The minimum Gasteiger partial charge on any atom is -0.407 e. The monoisotopic (exact) mass is 224 g/mol. The van der Waals surface area contributed by atoms with Gasteiger partial charge in [0.25, 0.3) is 0 Å². The third-order valence-corrected chi connectivity index (χ3v) is 3.11. The summed E-state index contributed by atoms with van der Waals surface area (Å²) < 4.78 is 5.52. The third kappa shape index (κ3) is 2.72. The maximum Gasteiger partial charge on any atom is 0.315 e. The van der Waals surface area contributed by atoms with Crippen molar-refractivity contribution in [1.82, 2.24) is 15.5 Å². The molecule has 0 atom stereocenters. The van der Waals surface area contributed by atoms with Crippen LogP contribution in [0.3, 0.4) is 0 Å². The van der Waals surface area contributed by atoms with Gasteiger partial charge in [0.05, 0.1) is 6.54 Å². The molecular formula is C11H20N4O. The van der Waals surface area contributed by atoms with Crippen molar-refractivity contribution in [2.45, 2.75) is 51.6 Å². The van der Waals surface area contributed by atoms with Crippen LogP contribution < -0.4 is 10.6 Å². The molecule has 1 heterocycles. The second kappa shape index (κ2) is 4.82.